The van der Waals surface area contributed by atoms with Crippen LogP contribution in [0.25, 0.3) is 38.6 Å². The third kappa shape index (κ3) is 3.61. The van der Waals surface area contributed by atoms with Crippen LogP contribution in [-0.4, -0.2) is 31.3 Å². The molecule has 6 rings (SSSR count). The molecule has 0 radical (unpaired) electrons. The molecule has 0 spiro atoms. The van der Waals surface area contributed by atoms with Gasteiger partial charge in [-0.05, 0) is 42.7 Å². The van der Waals surface area contributed by atoms with Gasteiger partial charge >= 0.3 is 0 Å². The predicted molar refractivity (Wildman–Crippen MR) is 138 cm³/mol. The monoisotopic (exact) mass is 463 g/mol. The summed E-state index contributed by atoms with van der Waals surface area (Å²) < 4.78 is 8.92. The molecule has 6 aromatic rings. The molecule has 0 aliphatic heterocycles. The highest BCUT2D eigenvalue weighted by molar-refractivity contribution is 5.86. The molecule has 1 N–H and O–H groups in total. The molecule has 7 heteroatoms. The van der Waals surface area contributed by atoms with Gasteiger partial charge in [0.15, 0.2) is 5.65 Å². The quantitative estimate of drug-likeness (QED) is 0.382. The summed E-state index contributed by atoms with van der Waals surface area (Å²) in [4.78, 5) is 21.4. The average Bonchev–Trinajstić information content (AvgIpc) is 3.45. The number of aromatic amines is 1. The van der Waals surface area contributed by atoms with Crippen molar-refractivity contribution < 1.29 is 4.74 Å². The lowest BCUT2D eigenvalue weighted by atomic mass is 10.1. The number of nitrogens with one attached hydrogen (secondary N) is 1. The minimum atomic E-state index is -0.0713. The number of H-pyrrole nitrogens is 1. The Morgan fingerprint density at radius 3 is 2.74 bits per heavy atom. The first-order valence-electron chi connectivity index (χ1n) is 11.6. The minimum Gasteiger partial charge on any atom is -0.378 e. The molecule has 0 saturated carbocycles. The van der Waals surface area contributed by atoms with Crippen LogP contribution in [0, 0.1) is 6.92 Å². The topological polar surface area (TPSA) is 77.2 Å². The maximum absolute atomic E-state index is 13.4. The number of nitrogens with zero attached hydrogens (tertiary/aromatic N) is 4. The van der Waals surface area contributed by atoms with Crippen LogP contribution >= 0.6 is 0 Å². The van der Waals surface area contributed by atoms with Crippen LogP contribution in [0.2, 0.25) is 0 Å². The SMILES string of the molecule is COCc1nn2c(ncc3c(=O)n(CCc4c[nH]c5ccc(C)cc45)ccc32)c1-c1ccccc1. The van der Waals surface area contributed by atoms with E-state index in [2.05, 4.69) is 35.1 Å². The van der Waals surface area contributed by atoms with E-state index in [4.69, 9.17) is 9.84 Å². The first-order chi connectivity index (χ1) is 17.1. The van der Waals surface area contributed by atoms with Crippen LogP contribution in [0.4, 0.5) is 0 Å². The lowest BCUT2D eigenvalue weighted by Crippen LogP contribution is -2.21. The van der Waals surface area contributed by atoms with Gasteiger partial charge in [-0.3, -0.25) is 4.79 Å². The molecule has 0 aliphatic carbocycles. The average molecular weight is 464 g/mol. The molecule has 174 valence electrons. The Labute approximate surface area is 201 Å². The minimum absolute atomic E-state index is 0.0713. The van der Waals surface area contributed by atoms with Crippen molar-refractivity contribution in [2.24, 2.45) is 0 Å². The van der Waals surface area contributed by atoms with Gasteiger partial charge in [0.05, 0.1) is 28.8 Å². The number of rotatable bonds is 6. The van der Waals surface area contributed by atoms with Crippen molar-refractivity contribution in [1.82, 2.24) is 24.1 Å². The fourth-order valence-corrected chi connectivity index (χ4v) is 4.81. The van der Waals surface area contributed by atoms with Crippen molar-refractivity contribution >= 4 is 27.5 Å². The summed E-state index contributed by atoms with van der Waals surface area (Å²) in [5, 5.41) is 6.53. The molecule has 0 fully saturated rings. The highest BCUT2D eigenvalue weighted by Gasteiger charge is 2.18. The van der Waals surface area contributed by atoms with Crippen LogP contribution in [0.1, 0.15) is 16.8 Å². The van der Waals surface area contributed by atoms with Crippen LogP contribution in [0.5, 0.6) is 0 Å². The smallest absolute Gasteiger partial charge is 0.261 e. The molecular weight excluding hydrogens is 438 g/mol. The predicted octanol–water partition coefficient (Wildman–Crippen LogP) is 4.89. The lowest BCUT2D eigenvalue weighted by molar-refractivity contribution is 0.181. The third-order valence-corrected chi connectivity index (χ3v) is 6.55. The molecule has 0 amide bonds. The number of hydrogen-bond donors (Lipinski definition) is 1. The Morgan fingerprint density at radius 1 is 1.06 bits per heavy atom. The molecule has 2 aromatic carbocycles. The third-order valence-electron chi connectivity index (χ3n) is 6.55. The maximum Gasteiger partial charge on any atom is 0.261 e. The normalized spacial score (nSPS) is 11.7. The van der Waals surface area contributed by atoms with Crippen molar-refractivity contribution in [3.8, 4) is 11.1 Å². The summed E-state index contributed by atoms with van der Waals surface area (Å²) in [5.41, 5.74) is 7.64. The van der Waals surface area contributed by atoms with Crippen molar-refractivity contribution in [2.45, 2.75) is 26.5 Å². The fourth-order valence-electron chi connectivity index (χ4n) is 4.81. The molecule has 0 atom stereocenters. The second-order valence-electron chi connectivity index (χ2n) is 8.84. The van der Waals surface area contributed by atoms with Crippen LogP contribution < -0.4 is 5.56 Å². The van der Waals surface area contributed by atoms with Crippen molar-refractivity contribution in [2.75, 3.05) is 7.11 Å². The van der Waals surface area contributed by atoms with Gasteiger partial charge in [-0.1, -0.05) is 42.0 Å². The van der Waals surface area contributed by atoms with Gasteiger partial charge in [0.1, 0.15) is 0 Å². The Kier molecular flexibility index (Phi) is 5.19. The molecule has 0 aliphatic rings. The summed E-state index contributed by atoms with van der Waals surface area (Å²) in [6, 6.07) is 18.4. The summed E-state index contributed by atoms with van der Waals surface area (Å²) in [5.74, 6) is 0. The highest BCUT2D eigenvalue weighted by Crippen LogP contribution is 2.29. The van der Waals surface area contributed by atoms with E-state index in [0.717, 1.165) is 34.3 Å². The Hall–Kier alpha value is -4.23. The van der Waals surface area contributed by atoms with Crippen LogP contribution in [-0.2, 0) is 24.3 Å². The number of aryl methyl sites for hydroxylation is 3. The van der Waals surface area contributed by atoms with Crippen molar-refractivity contribution in [1.29, 1.82) is 0 Å². The van der Waals surface area contributed by atoms with Gasteiger partial charge < -0.3 is 14.3 Å². The van der Waals surface area contributed by atoms with Gasteiger partial charge in [-0.2, -0.15) is 5.10 Å². The number of fused-ring (bicyclic) bond motifs is 4. The molecule has 4 heterocycles. The molecular formula is C28H25N5O2. The van der Waals surface area contributed by atoms with Crippen LogP contribution in [0.15, 0.2) is 78.0 Å². The van der Waals surface area contributed by atoms with Gasteiger partial charge in [-0.25, -0.2) is 9.50 Å². The van der Waals surface area contributed by atoms with Gasteiger partial charge in [-0.15, -0.1) is 0 Å². The van der Waals surface area contributed by atoms with E-state index in [1.807, 2.05) is 48.8 Å². The Bertz CT molecular complexity index is 1740. The molecule has 0 bridgehead atoms. The largest absolute Gasteiger partial charge is 0.378 e. The summed E-state index contributed by atoms with van der Waals surface area (Å²) in [6.45, 7) is 3.03. The van der Waals surface area contributed by atoms with E-state index < -0.39 is 0 Å². The first-order valence-corrected chi connectivity index (χ1v) is 11.6. The van der Waals surface area contributed by atoms with Crippen molar-refractivity contribution in [3.05, 3.63) is 100 Å². The number of benzene rings is 2. The molecule has 35 heavy (non-hydrogen) atoms. The van der Waals surface area contributed by atoms with E-state index >= 15 is 0 Å². The number of aromatic nitrogens is 5. The second kappa shape index (κ2) is 8.52. The number of pyridine rings is 1. The van der Waals surface area contributed by atoms with Crippen LogP contribution in [0.3, 0.4) is 0 Å². The molecule has 7 nitrogen and oxygen atoms in total. The number of ether oxygens (including phenoxy) is 1. The molecule has 0 saturated heterocycles. The van der Waals surface area contributed by atoms with Crippen molar-refractivity contribution in [3.63, 3.8) is 0 Å². The molecule has 4 aromatic heterocycles. The molecule has 0 unspecified atom stereocenters. The zero-order chi connectivity index (χ0) is 23.9. The number of methoxy groups -OCH3 is 1. The fraction of sp³-hybridized carbons (Fsp3) is 0.179. The highest BCUT2D eigenvalue weighted by atomic mass is 16.5. The Balaban J connectivity index is 1.41. The van der Waals surface area contributed by atoms with E-state index in [-0.39, 0.29) is 5.56 Å². The lowest BCUT2D eigenvalue weighted by Gasteiger charge is -2.08. The van der Waals surface area contributed by atoms with Gasteiger partial charge in [0.2, 0.25) is 0 Å². The van der Waals surface area contributed by atoms with E-state index in [0.29, 0.717) is 24.2 Å². The van der Waals surface area contributed by atoms with Gasteiger partial charge in [0.25, 0.3) is 5.56 Å². The van der Waals surface area contributed by atoms with E-state index in [9.17, 15) is 4.79 Å². The summed E-state index contributed by atoms with van der Waals surface area (Å²) in [6.07, 6.45) is 6.31. The second-order valence-corrected chi connectivity index (χ2v) is 8.84. The number of hydrogen-bond acceptors (Lipinski definition) is 4. The summed E-state index contributed by atoms with van der Waals surface area (Å²) >= 11 is 0. The Morgan fingerprint density at radius 2 is 1.91 bits per heavy atom. The summed E-state index contributed by atoms with van der Waals surface area (Å²) in [7, 11) is 1.65. The first kappa shape index (κ1) is 21.3. The zero-order valence-electron chi connectivity index (χ0n) is 19.7. The standard InChI is InChI=1S/C28H25N5O2/c1-18-8-9-23-21(14-18)20(15-29-23)10-12-32-13-11-25-22(28(32)34)16-30-27-26(19-6-4-3-5-7-19)24(17-35-2)31-33(25)27/h3-9,11,13-16,29H,10,12,17H2,1-2H3. The van der Waals surface area contributed by atoms with E-state index in [1.165, 1.54) is 16.5 Å². The van der Waals surface area contributed by atoms with E-state index in [1.54, 1.807) is 22.4 Å². The maximum atomic E-state index is 13.4. The van der Waals surface area contributed by atoms with Gasteiger partial charge in [0, 0.05) is 43.1 Å². The zero-order valence-corrected chi connectivity index (χ0v) is 19.7.